The third-order valence-electron chi connectivity index (χ3n) is 0.719. The predicted octanol–water partition coefficient (Wildman–Crippen LogP) is 0.501. The van der Waals surface area contributed by atoms with Crippen LogP contribution in [-0.4, -0.2) is 19.0 Å². The second-order valence-electron chi connectivity index (χ2n) is 1.55. The monoisotopic (exact) mass is 163 g/mol. The van der Waals surface area contributed by atoms with Gasteiger partial charge < -0.3 is 9.73 Å². The van der Waals surface area contributed by atoms with Gasteiger partial charge in [0.2, 0.25) is 0 Å². The molecule has 1 atom stereocenters. The summed E-state index contributed by atoms with van der Waals surface area (Å²) in [6, 6.07) is 0. The Kier molecular flexibility index (Phi) is 6.33. The molecule has 0 spiro atoms. The van der Waals surface area contributed by atoms with Gasteiger partial charge in [0.15, 0.2) is 0 Å². The van der Waals surface area contributed by atoms with Crippen LogP contribution in [0.1, 0.15) is 13.3 Å². The second kappa shape index (κ2) is 6.65. The van der Waals surface area contributed by atoms with Gasteiger partial charge in [0.25, 0.3) is 0 Å². The quantitative estimate of drug-likeness (QED) is 0.337. The molecule has 1 unspecified atom stereocenters. The maximum Gasteiger partial charge on any atom is 0.309 e. The highest BCUT2D eigenvalue weighted by Gasteiger charge is 1.95. The standard InChI is InChI=1S/C5H10NO3P/c1-2-9-6-4-3-5-10(7)8/h4H,2-3,5H2,1H3. The van der Waals surface area contributed by atoms with Crippen molar-refractivity contribution in [1.29, 1.82) is 0 Å². The van der Waals surface area contributed by atoms with Crippen LogP contribution in [0.25, 0.3) is 0 Å². The average molecular weight is 163 g/mol. The van der Waals surface area contributed by atoms with Crippen molar-refractivity contribution in [3.63, 3.8) is 0 Å². The van der Waals surface area contributed by atoms with E-state index in [0.29, 0.717) is 13.0 Å². The second-order valence-corrected chi connectivity index (χ2v) is 2.66. The Morgan fingerprint density at radius 1 is 1.80 bits per heavy atom. The Bertz CT molecular complexity index is 126. The normalized spacial score (nSPS) is 12.0. The zero-order valence-corrected chi connectivity index (χ0v) is 6.71. The highest BCUT2D eigenvalue weighted by atomic mass is 31.1. The molecule has 5 heteroatoms. The molecule has 0 amide bonds. The molecule has 10 heavy (non-hydrogen) atoms. The minimum absolute atomic E-state index is 0.145. The van der Waals surface area contributed by atoms with Crippen LogP contribution in [0.2, 0.25) is 0 Å². The van der Waals surface area contributed by atoms with E-state index < -0.39 is 8.03 Å². The first kappa shape index (κ1) is 9.53. The van der Waals surface area contributed by atoms with E-state index in [-0.39, 0.29) is 6.16 Å². The van der Waals surface area contributed by atoms with Crippen LogP contribution < -0.4 is 4.89 Å². The summed E-state index contributed by atoms with van der Waals surface area (Å²) in [7, 11) is -2.27. The van der Waals surface area contributed by atoms with Crippen LogP contribution in [-0.2, 0) is 9.40 Å². The molecule has 0 N–H and O–H groups in total. The smallest absolute Gasteiger partial charge is 0.309 e. The Labute approximate surface area is 60.7 Å². The zero-order chi connectivity index (χ0) is 7.82. The molecule has 0 fully saturated rings. The van der Waals surface area contributed by atoms with Gasteiger partial charge in [-0.3, -0.25) is 0 Å². The molecular formula is C5H10NO3P. The lowest BCUT2D eigenvalue weighted by Crippen LogP contribution is -1.91. The van der Waals surface area contributed by atoms with E-state index in [1.165, 1.54) is 6.21 Å². The molecule has 0 aromatic rings. The van der Waals surface area contributed by atoms with Gasteiger partial charge in [0.1, 0.15) is 12.8 Å². The molecule has 0 aliphatic carbocycles. The maximum absolute atomic E-state index is 9.97. The molecule has 0 saturated carbocycles. The Morgan fingerprint density at radius 2 is 2.50 bits per heavy atom. The lowest BCUT2D eigenvalue weighted by Gasteiger charge is -1.88. The topological polar surface area (TPSA) is 61.7 Å². The predicted molar refractivity (Wildman–Crippen MR) is 37.2 cm³/mol. The summed E-state index contributed by atoms with van der Waals surface area (Å²) in [5.41, 5.74) is 0. The largest absolute Gasteiger partial charge is 0.596 e. The Balaban J connectivity index is 3.10. The molecule has 0 rings (SSSR count). The number of nitrogens with zero attached hydrogens (tertiary/aromatic N) is 1. The van der Waals surface area contributed by atoms with E-state index in [1.54, 1.807) is 0 Å². The summed E-state index contributed by atoms with van der Waals surface area (Å²) < 4.78 is 9.97. The van der Waals surface area contributed by atoms with Crippen molar-refractivity contribution >= 4 is 14.2 Å². The molecule has 0 bridgehead atoms. The fourth-order valence-corrected chi connectivity index (χ4v) is 0.669. The molecule has 0 aliphatic rings. The van der Waals surface area contributed by atoms with Crippen molar-refractivity contribution in [2.75, 3.05) is 12.8 Å². The third-order valence-corrected chi connectivity index (χ3v) is 1.34. The summed E-state index contributed by atoms with van der Waals surface area (Å²) in [6.45, 7) is 2.32. The maximum atomic E-state index is 9.97. The molecule has 0 aromatic carbocycles. The summed E-state index contributed by atoms with van der Waals surface area (Å²) in [4.78, 5) is 14.6. The van der Waals surface area contributed by atoms with Gasteiger partial charge in [-0.15, -0.1) is 0 Å². The van der Waals surface area contributed by atoms with E-state index in [9.17, 15) is 9.46 Å². The molecule has 4 nitrogen and oxygen atoms in total. The van der Waals surface area contributed by atoms with E-state index >= 15 is 0 Å². The van der Waals surface area contributed by atoms with Crippen molar-refractivity contribution < 1.29 is 14.3 Å². The molecule has 0 saturated heterocycles. The van der Waals surface area contributed by atoms with Gasteiger partial charge in [-0.25, -0.2) is 0 Å². The van der Waals surface area contributed by atoms with Crippen molar-refractivity contribution in [2.45, 2.75) is 13.3 Å². The summed E-state index contributed by atoms with van der Waals surface area (Å²) in [5, 5.41) is 3.47. The molecule has 0 heterocycles. The van der Waals surface area contributed by atoms with Gasteiger partial charge >= 0.3 is 8.03 Å². The van der Waals surface area contributed by atoms with Crippen LogP contribution in [0.15, 0.2) is 5.16 Å². The Hall–Kier alpha value is -0.470. The van der Waals surface area contributed by atoms with Gasteiger partial charge in [0, 0.05) is 12.6 Å². The first-order valence-corrected chi connectivity index (χ1v) is 4.39. The lowest BCUT2D eigenvalue weighted by atomic mass is 10.5. The molecule has 58 valence electrons. The number of hydrogen-bond acceptors (Lipinski definition) is 4. The SMILES string of the molecule is CCON=CCC[P+](=O)[O-]. The van der Waals surface area contributed by atoms with E-state index in [4.69, 9.17) is 0 Å². The number of rotatable bonds is 5. The van der Waals surface area contributed by atoms with Crippen LogP contribution in [0.5, 0.6) is 0 Å². The molecular weight excluding hydrogens is 153 g/mol. The molecule has 0 aliphatic heterocycles. The minimum Gasteiger partial charge on any atom is -0.596 e. The van der Waals surface area contributed by atoms with Crippen LogP contribution >= 0.6 is 8.03 Å². The van der Waals surface area contributed by atoms with Gasteiger partial charge in [0.05, 0.1) is 0 Å². The van der Waals surface area contributed by atoms with Crippen LogP contribution in [0, 0.1) is 0 Å². The van der Waals surface area contributed by atoms with Gasteiger partial charge in [-0.1, -0.05) is 9.72 Å². The van der Waals surface area contributed by atoms with E-state index in [2.05, 4.69) is 9.99 Å². The highest BCUT2D eigenvalue weighted by Crippen LogP contribution is 2.05. The van der Waals surface area contributed by atoms with Crippen molar-refractivity contribution in [3.05, 3.63) is 0 Å². The third kappa shape index (κ3) is 7.53. The van der Waals surface area contributed by atoms with Crippen LogP contribution in [0.4, 0.5) is 0 Å². The van der Waals surface area contributed by atoms with Crippen molar-refractivity contribution in [3.8, 4) is 0 Å². The lowest BCUT2D eigenvalue weighted by molar-refractivity contribution is -0.164. The number of oxime groups is 1. The summed E-state index contributed by atoms with van der Waals surface area (Å²) in [5.74, 6) is 0. The average Bonchev–Trinajstić information content (AvgIpc) is 1.87. The molecule has 0 radical (unpaired) electrons. The highest BCUT2D eigenvalue weighted by molar-refractivity contribution is 7.36. The van der Waals surface area contributed by atoms with Crippen LogP contribution in [0.3, 0.4) is 0 Å². The van der Waals surface area contributed by atoms with E-state index in [0.717, 1.165) is 0 Å². The summed E-state index contributed by atoms with van der Waals surface area (Å²) in [6.07, 6.45) is 2.03. The fourth-order valence-electron chi connectivity index (χ4n) is 0.343. The minimum atomic E-state index is -2.27. The first-order chi connectivity index (χ1) is 4.77. The Morgan fingerprint density at radius 3 is 3.00 bits per heavy atom. The first-order valence-electron chi connectivity index (χ1n) is 3.03. The molecule has 0 aromatic heterocycles. The summed E-state index contributed by atoms with van der Waals surface area (Å²) >= 11 is 0. The van der Waals surface area contributed by atoms with Gasteiger partial charge in [-0.05, 0) is 6.92 Å². The number of hydrogen-bond donors (Lipinski definition) is 0. The van der Waals surface area contributed by atoms with E-state index in [1.807, 2.05) is 6.92 Å². The van der Waals surface area contributed by atoms with Gasteiger partial charge in [-0.2, -0.15) is 0 Å². The zero-order valence-electron chi connectivity index (χ0n) is 5.82. The van der Waals surface area contributed by atoms with Crippen molar-refractivity contribution in [2.24, 2.45) is 5.16 Å². The fraction of sp³-hybridized carbons (Fsp3) is 0.800. The van der Waals surface area contributed by atoms with Crippen molar-refractivity contribution in [1.82, 2.24) is 0 Å².